The Labute approximate surface area is 217 Å². The zero-order chi connectivity index (χ0) is 25.8. The quantitative estimate of drug-likeness (QED) is 0.214. The number of piperidine rings is 1. The molecule has 188 valence electrons. The third kappa shape index (κ3) is 2.80. The van der Waals surface area contributed by atoms with Crippen LogP contribution in [-0.4, -0.2) is 46.1 Å². The van der Waals surface area contributed by atoms with E-state index in [1.807, 2.05) is 60.7 Å². The summed E-state index contributed by atoms with van der Waals surface area (Å²) >= 11 is 0. The van der Waals surface area contributed by atoms with Gasteiger partial charge in [0.15, 0.2) is 11.6 Å². The summed E-state index contributed by atoms with van der Waals surface area (Å²) < 4.78 is 0. The molecule has 4 heterocycles. The van der Waals surface area contributed by atoms with Crippen LogP contribution in [-0.2, 0) is 4.79 Å². The van der Waals surface area contributed by atoms with Crippen LogP contribution in [0.25, 0.3) is 21.8 Å². The predicted octanol–water partition coefficient (Wildman–Crippen LogP) is 3.82. The molecule has 2 aliphatic carbocycles. The van der Waals surface area contributed by atoms with Crippen LogP contribution in [0.1, 0.15) is 34.3 Å². The number of ketones is 2. The molecular weight excluding hydrogens is 478 g/mol. The van der Waals surface area contributed by atoms with Gasteiger partial charge < -0.3 is 20.6 Å². The van der Waals surface area contributed by atoms with Crippen molar-refractivity contribution in [2.75, 3.05) is 11.9 Å². The summed E-state index contributed by atoms with van der Waals surface area (Å²) in [4.78, 5) is 45.5. The molecule has 8 nitrogen and oxygen atoms in total. The van der Waals surface area contributed by atoms with Gasteiger partial charge in [-0.15, -0.1) is 0 Å². The molecule has 8 rings (SSSR count). The van der Waals surface area contributed by atoms with Crippen molar-refractivity contribution in [2.45, 2.75) is 25.4 Å². The molecule has 0 bridgehead atoms. The number of nitrogens with one attached hydrogen (secondary N) is 5. The number of para-hydroxylation sites is 1. The van der Waals surface area contributed by atoms with Crippen molar-refractivity contribution < 1.29 is 14.4 Å². The van der Waals surface area contributed by atoms with Crippen LogP contribution in [0.4, 0.5) is 5.69 Å². The van der Waals surface area contributed by atoms with Gasteiger partial charge in [-0.2, -0.15) is 0 Å². The molecule has 2 aliphatic heterocycles. The number of aromatic amines is 2. The summed E-state index contributed by atoms with van der Waals surface area (Å²) in [6.07, 6.45) is 2.79. The summed E-state index contributed by atoms with van der Waals surface area (Å²) in [7, 11) is 0. The van der Waals surface area contributed by atoms with Gasteiger partial charge in [0.05, 0.1) is 17.7 Å². The highest BCUT2D eigenvalue weighted by Crippen LogP contribution is 2.65. The molecule has 2 aromatic heterocycles. The lowest BCUT2D eigenvalue weighted by Gasteiger charge is -2.30. The molecule has 1 amide bonds. The van der Waals surface area contributed by atoms with Crippen LogP contribution < -0.4 is 16.0 Å². The van der Waals surface area contributed by atoms with Crippen molar-refractivity contribution in [3.8, 4) is 0 Å². The minimum atomic E-state index is -0.520. The van der Waals surface area contributed by atoms with Crippen LogP contribution in [0.5, 0.6) is 0 Å². The van der Waals surface area contributed by atoms with Gasteiger partial charge in [0.2, 0.25) is 0 Å². The Bertz CT molecular complexity index is 1770. The van der Waals surface area contributed by atoms with E-state index in [9.17, 15) is 14.4 Å². The normalized spacial score (nSPS) is 27.1. The number of amides is 1. The third-order valence-corrected chi connectivity index (χ3v) is 8.72. The molecule has 38 heavy (non-hydrogen) atoms. The van der Waals surface area contributed by atoms with Crippen LogP contribution in [0.15, 0.2) is 77.5 Å². The maximum atomic E-state index is 13.5. The first kappa shape index (κ1) is 21.6. The van der Waals surface area contributed by atoms with Gasteiger partial charge in [0.25, 0.3) is 5.91 Å². The lowest BCUT2D eigenvalue weighted by molar-refractivity contribution is -0.113. The molecule has 8 heteroatoms. The Morgan fingerprint density at radius 2 is 1.76 bits per heavy atom. The van der Waals surface area contributed by atoms with Crippen molar-refractivity contribution in [1.82, 2.24) is 20.6 Å². The fourth-order valence-corrected chi connectivity index (χ4v) is 6.92. The Hall–Kier alpha value is -4.43. The summed E-state index contributed by atoms with van der Waals surface area (Å²) in [5.41, 5.74) is 6.16. The number of carbonyl (C=O) groups excluding carboxylic acids is 3. The molecule has 1 saturated heterocycles. The lowest BCUT2D eigenvalue weighted by atomic mass is 9.78. The number of allylic oxidation sites excluding steroid dienone is 1. The van der Waals surface area contributed by atoms with E-state index in [1.165, 1.54) is 5.57 Å². The van der Waals surface area contributed by atoms with E-state index in [0.717, 1.165) is 39.5 Å². The molecule has 4 unspecified atom stereocenters. The molecule has 1 spiro atoms. The second kappa shape index (κ2) is 7.33. The van der Waals surface area contributed by atoms with E-state index in [-0.39, 0.29) is 29.4 Å². The van der Waals surface area contributed by atoms with Gasteiger partial charge in [0.1, 0.15) is 11.1 Å². The number of Topliss-reactive ketones (excluding diaryl/α,β-unsaturated/α-hetero) is 2. The number of rotatable bonds is 4. The molecule has 4 aromatic rings. The minimum Gasteiger partial charge on any atom is -0.386 e. The van der Waals surface area contributed by atoms with Gasteiger partial charge in [-0.25, -0.2) is 0 Å². The first-order chi connectivity index (χ1) is 18.4. The zero-order valence-electron chi connectivity index (χ0n) is 20.6. The van der Waals surface area contributed by atoms with Crippen molar-refractivity contribution in [1.29, 1.82) is 0 Å². The average molecular weight is 504 g/mol. The van der Waals surface area contributed by atoms with Gasteiger partial charge in [-0.3, -0.25) is 19.7 Å². The molecule has 2 aromatic carbocycles. The van der Waals surface area contributed by atoms with Crippen LogP contribution >= 0.6 is 0 Å². The number of hydrogen-bond acceptors (Lipinski definition) is 5. The molecular formula is C30H25N5O3. The van der Waals surface area contributed by atoms with Crippen molar-refractivity contribution >= 4 is 45.0 Å². The van der Waals surface area contributed by atoms with Crippen molar-refractivity contribution in [3.05, 3.63) is 88.9 Å². The molecule has 4 aliphatic rings. The molecule has 0 radical (unpaired) electrons. The molecule has 5 N–H and O–H groups in total. The number of benzene rings is 2. The number of anilines is 1. The van der Waals surface area contributed by atoms with E-state index in [4.69, 9.17) is 0 Å². The van der Waals surface area contributed by atoms with Crippen LogP contribution in [0.2, 0.25) is 0 Å². The predicted molar refractivity (Wildman–Crippen MR) is 144 cm³/mol. The fraction of sp³-hybridized carbons (Fsp3) is 0.233. The third-order valence-electron chi connectivity index (χ3n) is 8.72. The Balaban J connectivity index is 1.04. The molecule has 4 atom stereocenters. The summed E-state index contributed by atoms with van der Waals surface area (Å²) in [5.74, 6) is -0.000903. The Kier molecular flexibility index (Phi) is 4.17. The summed E-state index contributed by atoms with van der Waals surface area (Å²) in [6.45, 7) is 2.77. The average Bonchev–Trinajstić information content (AvgIpc) is 3.53. The number of hydrogen-bond donors (Lipinski definition) is 5. The highest BCUT2D eigenvalue weighted by Gasteiger charge is 2.74. The fourth-order valence-electron chi connectivity index (χ4n) is 6.92. The zero-order valence-corrected chi connectivity index (χ0v) is 20.6. The van der Waals surface area contributed by atoms with E-state index in [0.29, 0.717) is 23.6 Å². The van der Waals surface area contributed by atoms with E-state index >= 15 is 0 Å². The first-order valence-electron chi connectivity index (χ1n) is 13.0. The van der Waals surface area contributed by atoms with Crippen molar-refractivity contribution in [3.63, 3.8) is 0 Å². The van der Waals surface area contributed by atoms with Gasteiger partial charge in [0, 0.05) is 45.8 Å². The largest absolute Gasteiger partial charge is 0.386 e. The Morgan fingerprint density at radius 1 is 0.974 bits per heavy atom. The van der Waals surface area contributed by atoms with E-state index < -0.39 is 11.5 Å². The van der Waals surface area contributed by atoms with Crippen LogP contribution in [0, 0.1) is 11.3 Å². The maximum absolute atomic E-state index is 13.5. The standard InChI is InChI=1S/C30H25N5O3/c1-14-8-22-18(30-19(28(30)37)13-31-27(14)30)12-24(35-22)26(36)23-11-16-9-17(6-7-21(16)33-23)32-29(38)25-10-15-4-2-3-5-20(15)34-25/h2-7,9-12,19,22,24,31,33-35H,8,13H2,1H3,(H,32,38). The van der Waals surface area contributed by atoms with E-state index in [1.54, 1.807) is 0 Å². The Morgan fingerprint density at radius 3 is 2.61 bits per heavy atom. The van der Waals surface area contributed by atoms with Crippen LogP contribution in [0.3, 0.4) is 0 Å². The molecule has 2 fully saturated rings. The SMILES string of the molecule is CC1=C2NCC3C(=O)C23C2=CC(C(=O)c3cc4cc(NC(=O)c5cc6ccccc6[nH]5)ccc4[nH]3)NC2C1. The maximum Gasteiger partial charge on any atom is 0.272 e. The highest BCUT2D eigenvalue weighted by molar-refractivity contribution is 6.13. The highest BCUT2D eigenvalue weighted by atomic mass is 16.2. The van der Waals surface area contributed by atoms with Gasteiger partial charge in [-0.05, 0) is 55.3 Å². The second-order valence-corrected chi connectivity index (χ2v) is 10.9. The smallest absolute Gasteiger partial charge is 0.272 e. The number of aromatic nitrogens is 2. The topological polar surface area (TPSA) is 119 Å². The molecule has 1 saturated carbocycles. The summed E-state index contributed by atoms with van der Waals surface area (Å²) in [6, 6.07) is 16.5. The van der Waals surface area contributed by atoms with Gasteiger partial charge in [-0.1, -0.05) is 29.8 Å². The first-order valence-corrected chi connectivity index (χ1v) is 13.0. The minimum absolute atomic E-state index is 0.00298. The van der Waals surface area contributed by atoms with Crippen molar-refractivity contribution in [2.24, 2.45) is 11.3 Å². The lowest BCUT2D eigenvalue weighted by Crippen LogP contribution is -2.41. The summed E-state index contributed by atoms with van der Waals surface area (Å²) in [5, 5.41) is 11.7. The van der Waals surface area contributed by atoms with E-state index in [2.05, 4.69) is 32.8 Å². The number of H-pyrrole nitrogens is 2. The monoisotopic (exact) mass is 503 g/mol. The second-order valence-electron chi connectivity index (χ2n) is 10.9. The number of fused-ring (bicyclic) bond motifs is 3. The van der Waals surface area contributed by atoms with Gasteiger partial charge >= 0.3 is 0 Å². The number of carbonyl (C=O) groups is 3.